The Balaban J connectivity index is 1.87. The average molecular weight is 363 g/mol. The standard InChI is InChI=1S/C19H23ClN2O3/c1-4-25-17-9-8-14(12-18(17)24-3)10-11-21-19(23)22-16-7-5-6-15(20)13(16)2/h5-9,12H,4,10-11H2,1-3H3,(H2,21,22,23). The van der Waals surface area contributed by atoms with Crippen LogP contribution in [0.4, 0.5) is 10.5 Å². The number of carbonyl (C=O) groups is 1. The van der Waals surface area contributed by atoms with Crippen LogP contribution >= 0.6 is 11.6 Å². The Morgan fingerprint density at radius 1 is 1.20 bits per heavy atom. The number of rotatable bonds is 7. The molecule has 0 spiro atoms. The van der Waals surface area contributed by atoms with Crippen molar-refractivity contribution >= 4 is 23.3 Å². The van der Waals surface area contributed by atoms with Crippen molar-refractivity contribution < 1.29 is 14.3 Å². The van der Waals surface area contributed by atoms with Crippen molar-refractivity contribution in [3.8, 4) is 11.5 Å². The molecule has 0 aromatic heterocycles. The fourth-order valence-corrected chi connectivity index (χ4v) is 2.55. The Hall–Kier alpha value is -2.40. The number of ether oxygens (including phenoxy) is 2. The SMILES string of the molecule is CCOc1ccc(CCNC(=O)Nc2cccc(Cl)c2C)cc1OC. The Bertz CT molecular complexity index is 735. The van der Waals surface area contributed by atoms with Crippen molar-refractivity contribution in [3.63, 3.8) is 0 Å². The zero-order valence-corrected chi connectivity index (χ0v) is 15.4. The van der Waals surface area contributed by atoms with Crippen LogP contribution in [0.5, 0.6) is 11.5 Å². The highest BCUT2D eigenvalue weighted by atomic mass is 35.5. The molecule has 6 heteroatoms. The number of methoxy groups -OCH3 is 1. The molecular weight excluding hydrogens is 340 g/mol. The second-order valence-corrected chi connectivity index (χ2v) is 5.87. The van der Waals surface area contributed by atoms with E-state index >= 15 is 0 Å². The molecule has 0 radical (unpaired) electrons. The molecule has 2 aromatic carbocycles. The van der Waals surface area contributed by atoms with E-state index < -0.39 is 0 Å². The van der Waals surface area contributed by atoms with Gasteiger partial charge >= 0.3 is 6.03 Å². The number of amides is 2. The van der Waals surface area contributed by atoms with Crippen LogP contribution in [-0.4, -0.2) is 26.3 Å². The van der Waals surface area contributed by atoms with Gasteiger partial charge in [-0.2, -0.15) is 0 Å². The summed E-state index contributed by atoms with van der Waals surface area (Å²) in [6, 6.07) is 10.9. The molecule has 0 aliphatic rings. The third kappa shape index (κ3) is 5.29. The number of carbonyl (C=O) groups excluding carboxylic acids is 1. The van der Waals surface area contributed by atoms with E-state index in [2.05, 4.69) is 10.6 Å². The van der Waals surface area contributed by atoms with Gasteiger partial charge in [0.05, 0.1) is 13.7 Å². The molecule has 2 aromatic rings. The molecular formula is C19H23ClN2O3. The van der Waals surface area contributed by atoms with Crippen molar-refractivity contribution in [2.45, 2.75) is 20.3 Å². The second kappa shape index (κ2) is 9.18. The van der Waals surface area contributed by atoms with E-state index in [1.807, 2.05) is 38.1 Å². The first-order chi connectivity index (χ1) is 12.0. The number of hydrogen-bond donors (Lipinski definition) is 2. The third-order valence-corrected chi connectivity index (χ3v) is 4.15. The first-order valence-corrected chi connectivity index (χ1v) is 8.52. The van der Waals surface area contributed by atoms with Gasteiger partial charge in [0.25, 0.3) is 0 Å². The minimum atomic E-state index is -0.261. The number of hydrogen-bond acceptors (Lipinski definition) is 3. The molecule has 25 heavy (non-hydrogen) atoms. The lowest BCUT2D eigenvalue weighted by atomic mass is 10.1. The highest BCUT2D eigenvalue weighted by Crippen LogP contribution is 2.28. The Kier molecular flexibility index (Phi) is 6.95. The van der Waals surface area contributed by atoms with Crippen molar-refractivity contribution in [1.82, 2.24) is 5.32 Å². The summed E-state index contributed by atoms with van der Waals surface area (Å²) in [6.45, 7) is 4.88. The van der Waals surface area contributed by atoms with Crippen LogP contribution in [0, 0.1) is 6.92 Å². The molecule has 5 nitrogen and oxygen atoms in total. The van der Waals surface area contributed by atoms with Crippen LogP contribution in [0.2, 0.25) is 5.02 Å². The molecule has 0 saturated heterocycles. The molecule has 2 rings (SSSR count). The van der Waals surface area contributed by atoms with Crippen LogP contribution in [-0.2, 0) is 6.42 Å². The predicted octanol–water partition coefficient (Wildman–Crippen LogP) is 4.42. The number of halogens is 1. The monoisotopic (exact) mass is 362 g/mol. The van der Waals surface area contributed by atoms with E-state index in [-0.39, 0.29) is 6.03 Å². The van der Waals surface area contributed by atoms with Gasteiger partial charge in [-0.1, -0.05) is 23.7 Å². The molecule has 0 aliphatic heterocycles. The minimum absolute atomic E-state index is 0.261. The summed E-state index contributed by atoms with van der Waals surface area (Å²) >= 11 is 6.05. The van der Waals surface area contributed by atoms with E-state index in [0.717, 1.165) is 16.9 Å². The lowest BCUT2D eigenvalue weighted by Crippen LogP contribution is -2.30. The largest absolute Gasteiger partial charge is 0.493 e. The molecule has 134 valence electrons. The molecule has 0 heterocycles. The van der Waals surface area contributed by atoms with Crippen molar-refractivity contribution in [3.05, 3.63) is 52.5 Å². The van der Waals surface area contributed by atoms with Crippen molar-refractivity contribution in [2.75, 3.05) is 25.6 Å². The molecule has 0 bridgehead atoms. The maximum atomic E-state index is 12.0. The molecule has 2 amide bonds. The number of anilines is 1. The lowest BCUT2D eigenvalue weighted by Gasteiger charge is -2.12. The molecule has 0 atom stereocenters. The van der Waals surface area contributed by atoms with Crippen molar-refractivity contribution in [2.24, 2.45) is 0 Å². The van der Waals surface area contributed by atoms with Gasteiger partial charge in [0.15, 0.2) is 11.5 Å². The summed E-state index contributed by atoms with van der Waals surface area (Å²) in [5.41, 5.74) is 2.60. The van der Waals surface area contributed by atoms with Gasteiger partial charge in [-0.05, 0) is 55.7 Å². The van der Waals surface area contributed by atoms with Crippen LogP contribution in [0.1, 0.15) is 18.1 Å². The van der Waals surface area contributed by atoms with E-state index in [1.54, 1.807) is 19.2 Å². The maximum Gasteiger partial charge on any atom is 0.319 e. The first-order valence-electron chi connectivity index (χ1n) is 8.14. The second-order valence-electron chi connectivity index (χ2n) is 5.46. The summed E-state index contributed by atoms with van der Waals surface area (Å²) in [6.07, 6.45) is 0.685. The minimum Gasteiger partial charge on any atom is -0.493 e. The molecule has 0 fully saturated rings. The van der Waals surface area contributed by atoms with Gasteiger partial charge in [-0.15, -0.1) is 0 Å². The summed E-state index contributed by atoms with van der Waals surface area (Å²) in [4.78, 5) is 12.0. The van der Waals surface area contributed by atoms with Gasteiger partial charge in [0.2, 0.25) is 0 Å². The third-order valence-electron chi connectivity index (χ3n) is 3.74. The number of benzene rings is 2. The molecule has 0 unspecified atom stereocenters. The summed E-state index contributed by atoms with van der Waals surface area (Å²) in [5, 5.41) is 6.27. The van der Waals surface area contributed by atoms with Gasteiger partial charge in [-0.3, -0.25) is 0 Å². The predicted molar refractivity (Wildman–Crippen MR) is 101 cm³/mol. The summed E-state index contributed by atoms with van der Waals surface area (Å²) in [7, 11) is 1.61. The van der Waals surface area contributed by atoms with E-state index in [4.69, 9.17) is 21.1 Å². The summed E-state index contributed by atoms with van der Waals surface area (Å²) < 4.78 is 10.8. The number of urea groups is 1. The van der Waals surface area contributed by atoms with Crippen LogP contribution in [0.25, 0.3) is 0 Å². The average Bonchev–Trinajstić information content (AvgIpc) is 2.60. The zero-order chi connectivity index (χ0) is 18.2. The van der Waals surface area contributed by atoms with E-state index in [0.29, 0.717) is 36.0 Å². The normalized spacial score (nSPS) is 10.2. The smallest absolute Gasteiger partial charge is 0.319 e. The van der Waals surface area contributed by atoms with E-state index in [9.17, 15) is 4.79 Å². The van der Waals surface area contributed by atoms with Crippen LogP contribution in [0.15, 0.2) is 36.4 Å². The van der Waals surface area contributed by atoms with Gasteiger partial charge in [0, 0.05) is 17.3 Å². The molecule has 2 N–H and O–H groups in total. The fourth-order valence-electron chi connectivity index (χ4n) is 2.37. The van der Waals surface area contributed by atoms with Crippen LogP contribution in [0.3, 0.4) is 0 Å². The van der Waals surface area contributed by atoms with Gasteiger partial charge in [0.1, 0.15) is 0 Å². The fraction of sp³-hybridized carbons (Fsp3) is 0.316. The van der Waals surface area contributed by atoms with Gasteiger partial charge in [-0.25, -0.2) is 4.79 Å². The van der Waals surface area contributed by atoms with Crippen molar-refractivity contribution in [1.29, 1.82) is 0 Å². The summed E-state index contributed by atoms with van der Waals surface area (Å²) in [5.74, 6) is 1.41. The van der Waals surface area contributed by atoms with Gasteiger partial charge < -0.3 is 20.1 Å². The molecule has 0 aliphatic carbocycles. The highest BCUT2D eigenvalue weighted by molar-refractivity contribution is 6.31. The maximum absolute atomic E-state index is 12.0. The quantitative estimate of drug-likeness (QED) is 0.766. The Labute approximate surface area is 153 Å². The topological polar surface area (TPSA) is 59.6 Å². The van der Waals surface area contributed by atoms with E-state index in [1.165, 1.54) is 0 Å². The highest BCUT2D eigenvalue weighted by Gasteiger charge is 2.08. The van der Waals surface area contributed by atoms with Crippen LogP contribution < -0.4 is 20.1 Å². The first kappa shape index (κ1) is 18.9. The zero-order valence-electron chi connectivity index (χ0n) is 14.7. The Morgan fingerprint density at radius 3 is 2.72 bits per heavy atom. The Morgan fingerprint density at radius 2 is 2.00 bits per heavy atom. The molecule has 0 saturated carbocycles. The lowest BCUT2D eigenvalue weighted by molar-refractivity contribution is 0.252. The number of nitrogens with one attached hydrogen (secondary N) is 2.